The van der Waals surface area contributed by atoms with Crippen LogP contribution in [-0.2, 0) is 0 Å². The van der Waals surface area contributed by atoms with Gasteiger partial charge in [0.1, 0.15) is 0 Å². The summed E-state index contributed by atoms with van der Waals surface area (Å²) >= 11 is 0. The fourth-order valence-electron chi connectivity index (χ4n) is 8.28. The van der Waals surface area contributed by atoms with Gasteiger partial charge >= 0.3 is 0 Å². The number of unbranched alkanes of at least 4 members (excludes halogenated alkanes) is 40. The molecule has 0 radical (unpaired) electrons. The van der Waals surface area contributed by atoms with Crippen molar-refractivity contribution < 1.29 is 0 Å². The first-order valence-corrected chi connectivity index (χ1v) is 24.3. The van der Waals surface area contributed by atoms with E-state index in [0.29, 0.717) is 0 Å². The van der Waals surface area contributed by atoms with Gasteiger partial charge in [-0.05, 0) is 5.92 Å². The summed E-state index contributed by atoms with van der Waals surface area (Å²) < 4.78 is 0. The molecule has 0 aromatic rings. The van der Waals surface area contributed by atoms with Crippen LogP contribution < -0.4 is 0 Å². The van der Waals surface area contributed by atoms with Crippen LogP contribution in [-0.4, -0.2) is 0 Å². The lowest BCUT2D eigenvalue weighted by Crippen LogP contribution is -1.99. The van der Waals surface area contributed by atoms with E-state index in [1.807, 2.05) is 0 Å². The van der Waals surface area contributed by atoms with E-state index >= 15 is 0 Å². The largest absolute Gasteiger partial charge is 0.0654 e. The van der Waals surface area contributed by atoms with Crippen molar-refractivity contribution in [2.45, 2.75) is 310 Å². The highest BCUT2D eigenvalue weighted by Crippen LogP contribution is 2.22. The van der Waals surface area contributed by atoms with E-state index in [0.717, 1.165) is 5.92 Å². The Bertz CT molecular complexity index is 536. The third kappa shape index (κ3) is 44.1. The van der Waals surface area contributed by atoms with Crippen molar-refractivity contribution in [1.29, 1.82) is 0 Å². The first-order chi connectivity index (χ1) is 24.3. The zero-order valence-electron chi connectivity index (χ0n) is 35.4. The summed E-state index contributed by atoms with van der Waals surface area (Å²) in [5.41, 5.74) is 0. The summed E-state index contributed by atoms with van der Waals surface area (Å²) in [5, 5.41) is 0. The van der Waals surface area contributed by atoms with Gasteiger partial charge in [-0.15, -0.1) is 0 Å². The molecule has 0 nitrogen and oxygen atoms in total. The SMILES string of the molecule is CCCCCCCCCCCCCCCCCCCCCCCCCCCCCCC(CC)CCCCCCCCCCCCCCCC. The molecule has 49 heavy (non-hydrogen) atoms. The van der Waals surface area contributed by atoms with Crippen molar-refractivity contribution in [2.24, 2.45) is 5.92 Å². The van der Waals surface area contributed by atoms with Gasteiger partial charge in [0.25, 0.3) is 0 Å². The Kier molecular flexibility index (Phi) is 46.0. The average molecular weight is 689 g/mol. The normalized spacial score (nSPS) is 12.3. The Morgan fingerprint density at radius 3 is 0.469 bits per heavy atom. The molecule has 0 heteroatoms. The lowest BCUT2D eigenvalue weighted by atomic mass is 9.92. The third-order valence-electron chi connectivity index (χ3n) is 12.0. The topological polar surface area (TPSA) is 0 Å². The summed E-state index contributed by atoms with van der Waals surface area (Å²) in [5.74, 6) is 1.02. The third-order valence-corrected chi connectivity index (χ3v) is 12.0. The molecular formula is C49H100. The van der Waals surface area contributed by atoms with E-state index in [4.69, 9.17) is 0 Å². The van der Waals surface area contributed by atoms with Gasteiger partial charge in [-0.3, -0.25) is 0 Å². The quantitative estimate of drug-likeness (QED) is 0.0559. The molecule has 0 aliphatic heterocycles. The van der Waals surface area contributed by atoms with Crippen LogP contribution in [0.4, 0.5) is 0 Å². The van der Waals surface area contributed by atoms with Crippen LogP contribution in [0.15, 0.2) is 0 Å². The molecule has 0 saturated heterocycles. The van der Waals surface area contributed by atoms with Crippen LogP contribution in [0.1, 0.15) is 310 Å². The molecule has 0 aliphatic rings. The molecule has 0 spiro atoms. The van der Waals surface area contributed by atoms with Gasteiger partial charge in [-0.1, -0.05) is 310 Å². The minimum absolute atomic E-state index is 1.02. The lowest BCUT2D eigenvalue weighted by molar-refractivity contribution is 0.392. The number of hydrogen-bond donors (Lipinski definition) is 0. The molecule has 0 aliphatic carbocycles. The Labute approximate surface area is 314 Å². The molecule has 0 N–H and O–H groups in total. The average Bonchev–Trinajstić information content (AvgIpc) is 3.12. The molecule has 0 aromatic carbocycles. The van der Waals surface area contributed by atoms with Gasteiger partial charge in [0.2, 0.25) is 0 Å². The molecule has 0 rings (SSSR count). The second kappa shape index (κ2) is 46.0. The zero-order valence-corrected chi connectivity index (χ0v) is 35.4. The highest BCUT2D eigenvalue weighted by atomic mass is 14.1. The maximum absolute atomic E-state index is 2.44. The number of rotatable bonds is 45. The van der Waals surface area contributed by atoms with Gasteiger partial charge in [0.05, 0.1) is 0 Å². The standard InChI is InChI=1S/C49H100/c1-4-7-9-11-13-15-17-19-21-22-23-24-25-26-27-28-29-30-31-32-33-34-36-38-40-42-44-46-48-49(6-3)47-45-43-41-39-37-35-20-18-16-14-12-10-8-5-2/h49H,4-48H2,1-3H3. The van der Waals surface area contributed by atoms with Crippen molar-refractivity contribution in [2.75, 3.05) is 0 Å². The van der Waals surface area contributed by atoms with Crippen molar-refractivity contribution in [1.82, 2.24) is 0 Å². The van der Waals surface area contributed by atoms with Crippen molar-refractivity contribution in [3.63, 3.8) is 0 Å². The van der Waals surface area contributed by atoms with Gasteiger partial charge in [0.15, 0.2) is 0 Å². The second-order valence-electron chi connectivity index (χ2n) is 17.0. The minimum atomic E-state index is 1.02. The fourth-order valence-corrected chi connectivity index (χ4v) is 8.28. The van der Waals surface area contributed by atoms with Crippen molar-refractivity contribution >= 4 is 0 Å². The highest BCUT2D eigenvalue weighted by Gasteiger charge is 2.06. The monoisotopic (exact) mass is 689 g/mol. The van der Waals surface area contributed by atoms with Gasteiger partial charge in [0, 0.05) is 0 Å². The maximum atomic E-state index is 2.44. The molecule has 0 fully saturated rings. The molecule has 1 atom stereocenters. The minimum Gasteiger partial charge on any atom is -0.0654 e. The first kappa shape index (κ1) is 49.0. The molecule has 0 heterocycles. The molecule has 0 amide bonds. The predicted octanol–water partition coefficient (Wildman–Crippen LogP) is 19.2. The molecule has 0 aromatic heterocycles. The van der Waals surface area contributed by atoms with E-state index in [1.54, 1.807) is 0 Å². The molecule has 0 bridgehead atoms. The fraction of sp³-hybridized carbons (Fsp3) is 1.00. The lowest BCUT2D eigenvalue weighted by Gasteiger charge is -2.14. The van der Waals surface area contributed by atoms with Crippen LogP contribution in [0, 0.1) is 5.92 Å². The van der Waals surface area contributed by atoms with Gasteiger partial charge < -0.3 is 0 Å². The van der Waals surface area contributed by atoms with Crippen LogP contribution in [0.2, 0.25) is 0 Å². The van der Waals surface area contributed by atoms with Gasteiger partial charge in [-0.25, -0.2) is 0 Å². The smallest absolute Gasteiger partial charge is 0.0417 e. The van der Waals surface area contributed by atoms with E-state index in [2.05, 4.69) is 20.8 Å². The van der Waals surface area contributed by atoms with Crippen molar-refractivity contribution in [3.8, 4) is 0 Å². The summed E-state index contributed by atoms with van der Waals surface area (Å²) in [7, 11) is 0. The van der Waals surface area contributed by atoms with Crippen LogP contribution in [0.3, 0.4) is 0 Å². The van der Waals surface area contributed by atoms with Crippen LogP contribution in [0.25, 0.3) is 0 Å². The maximum Gasteiger partial charge on any atom is -0.0417 e. The van der Waals surface area contributed by atoms with E-state index < -0.39 is 0 Å². The summed E-state index contributed by atoms with van der Waals surface area (Å²) in [6.45, 7) is 7.07. The molecular weight excluding hydrogens is 589 g/mol. The molecule has 0 saturated carbocycles. The van der Waals surface area contributed by atoms with Crippen molar-refractivity contribution in [3.05, 3.63) is 0 Å². The second-order valence-corrected chi connectivity index (χ2v) is 17.0. The summed E-state index contributed by atoms with van der Waals surface area (Å²) in [6, 6.07) is 0. The van der Waals surface area contributed by atoms with Gasteiger partial charge in [-0.2, -0.15) is 0 Å². The Morgan fingerprint density at radius 2 is 0.327 bits per heavy atom. The Hall–Kier alpha value is 0. The number of hydrogen-bond acceptors (Lipinski definition) is 0. The molecule has 1 unspecified atom stereocenters. The zero-order chi connectivity index (χ0) is 35.4. The first-order valence-electron chi connectivity index (χ1n) is 24.3. The van der Waals surface area contributed by atoms with Crippen LogP contribution in [0.5, 0.6) is 0 Å². The molecule has 296 valence electrons. The van der Waals surface area contributed by atoms with Crippen LogP contribution >= 0.6 is 0 Å². The predicted molar refractivity (Wildman–Crippen MR) is 228 cm³/mol. The Morgan fingerprint density at radius 1 is 0.184 bits per heavy atom. The summed E-state index contributed by atoms with van der Waals surface area (Å²) in [4.78, 5) is 0. The van der Waals surface area contributed by atoms with E-state index in [9.17, 15) is 0 Å². The highest BCUT2D eigenvalue weighted by molar-refractivity contribution is 4.60. The van der Waals surface area contributed by atoms with E-state index in [1.165, 1.54) is 289 Å². The van der Waals surface area contributed by atoms with E-state index in [-0.39, 0.29) is 0 Å². The summed E-state index contributed by atoms with van der Waals surface area (Å²) in [6.07, 6.45) is 66.8. The Balaban J connectivity index is 3.20.